The van der Waals surface area contributed by atoms with Crippen molar-refractivity contribution in [2.45, 2.75) is 51.7 Å². The van der Waals surface area contributed by atoms with Gasteiger partial charge in [0.1, 0.15) is 5.82 Å². The van der Waals surface area contributed by atoms with E-state index in [0.29, 0.717) is 10.7 Å². The van der Waals surface area contributed by atoms with E-state index in [0.717, 1.165) is 77.2 Å². The van der Waals surface area contributed by atoms with Crippen LogP contribution in [-0.4, -0.2) is 94.2 Å². The topological polar surface area (TPSA) is 73.7 Å². The number of rotatable bonds is 7. The lowest BCUT2D eigenvalue weighted by Gasteiger charge is -2.41. The molecule has 2 aliphatic heterocycles. The second kappa shape index (κ2) is 10.9. The highest BCUT2D eigenvalue weighted by Gasteiger charge is 2.30. The molecule has 1 N–H and O–H groups in total. The van der Waals surface area contributed by atoms with Crippen LogP contribution in [0.5, 0.6) is 0 Å². The highest BCUT2D eigenvalue weighted by Crippen LogP contribution is 2.25. The van der Waals surface area contributed by atoms with Crippen LogP contribution in [0.4, 0.5) is 13.2 Å². The molecule has 2 aliphatic rings. The number of piperidine rings is 1. The summed E-state index contributed by atoms with van der Waals surface area (Å²) in [5.41, 5.74) is -0.212. The van der Waals surface area contributed by atoms with Gasteiger partial charge >= 0.3 is 6.55 Å². The number of nitrogens with zero attached hydrogens (tertiary/aromatic N) is 5. The van der Waals surface area contributed by atoms with Crippen LogP contribution in [0.3, 0.4) is 0 Å². The number of likely N-dealkylation sites (tertiary alicyclic amines) is 1. The van der Waals surface area contributed by atoms with Crippen molar-refractivity contribution in [1.82, 2.24) is 29.8 Å². The average molecular weight is 495 g/mol. The van der Waals surface area contributed by atoms with Gasteiger partial charge in [-0.15, -0.1) is 0 Å². The van der Waals surface area contributed by atoms with Crippen LogP contribution in [0.15, 0.2) is 18.2 Å². The van der Waals surface area contributed by atoms with E-state index >= 15 is 0 Å². The van der Waals surface area contributed by atoms with Crippen molar-refractivity contribution in [2.75, 3.05) is 45.8 Å². The van der Waals surface area contributed by atoms with Crippen LogP contribution < -0.4 is 5.32 Å². The molecule has 8 nitrogen and oxygen atoms in total. The number of piperazine rings is 1. The van der Waals surface area contributed by atoms with Crippen LogP contribution in [-0.2, 0) is 4.79 Å². The summed E-state index contributed by atoms with van der Waals surface area (Å²) in [6.45, 7) is 6.75. The van der Waals surface area contributed by atoms with E-state index in [1.807, 2.05) is 4.90 Å². The Morgan fingerprint density at radius 3 is 2.54 bits per heavy atom. The highest BCUT2D eigenvalue weighted by molar-refractivity contribution is 6.05. The van der Waals surface area contributed by atoms with E-state index in [4.69, 9.17) is 0 Å². The Morgan fingerprint density at radius 2 is 1.89 bits per heavy atom. The first-order valence-electron chi connectivity index (χ1n) is 12.3. The largest absolute Gasteiger partial charge is 0.348 e. The molecule has 192 valence electrons. The van der Waals surface area contributed by atoms with Crippen molar-refractivity contribution in [1.29, 1.82) is 0 Å². The normalized spacial score (nSPS) is 22.2. The number of halogens is 3. The molecule has 1 aromatic carbocycles. The van der Waals surface area contributed by atoms with Gasteiger partial charge in [0.2, 0.25) is 5.91 Å². The first kappa shape index (κ1) is 25.4. The number of hydrogen-bond acceptors (Lipinski definition) is 5. The molecular formula is C24H33F3N6O2. The number of alkyl halides is 2. The van der Waals surface area contributed by atoms with Gasteiger partial charge in [0.15, 0.2) is 5.69 Å². The van der Waals surface area contributed by atoms with E-state index in [9.17, 15) is 22.8 Å². The van der Waals surface area contributed by atoms with E-state index in [1.54, 1.807) is 6.92 Å². The number of nitrogens with one attached hydrogen (secondary N) is 1. The van der Waals surface area contributed by atoms with E-state index in [1.165, 1.54) is 6.07 Å². The molecule has 0 aliphatic carbocycles. The SMILES string of the molecule is CC[C@@H]1CC(NC(=O)c2nn(C(F)F)c3cc(F)ccc23)CCN1CCN1CCN(C(C)=O)CC1. The maximum atomic E-state index is 13.6. The summed E-state index contributed by atoms with van der Waals surface area (Å²) in [4.78, 5) is 31.2. The number of fused-ring (bicyclic) bond motifs is 1. The number of amides is 2. The first-order valence-corrected chi connectivity index (χ1v) is 12.3. The van der Waals surface area contributed by atoms with Crippen molar-refractivity contribution >= 4 is 22.7 Å². The van der Waals surface area contributed by atoms with Crippen LogP contribution >= 0.6 is 0 Å². The number of carbonyl (C=O) groups excluding carboxylic acids is 2. The molecule has 2 atom stereocenters. The molecule has 4 rings (SSSR count). The van der Waals surface area contributed by atoms with Gasteiger partial charge in [-0.1, -0.05) is 6.92 Å². The Bertz CT molecular complexity index is 1050. The Hall–Kier alpha value is -2.66. The second-order valence-electron chi connectivity index (χ2n) is 9.37. The van der Waals surface area contributed by atoms with Crippen molar-refractivity contribution in [3.8, 4) is 0 Å². The Balaban J connectivity index is 1.33. The van der Waals surface area contributed by atoms with Gasteiger partial charge < -0.3 is 10.2 Å². The monoisotopic (exact) mass is 494 g/mol. The summed E-state index contributed by atoms with van der Waals surface area (Å²) in [5, 5.41) is 6.97. The molecule has 3 heterocycles. The van der Waals surface area contributed by atoms with Crippen molar-refractivity contribution in [3.63, 3.8) is 0 Å². The Kier molecular flexibility index (Phi) is 7.95. The van der Waals surface area contributed by atoms with Crippen molar-refractivity contribution < 1.29 is 22.8 Å². The molecule has 0 bridgehead atoms. The molecule has 0 radical (unpaired) electrons. The first-order chi connectivity index (χ1) is 16.8. The predicted molar refractivity (Wildman–Crippen MR) is 126 cm³/mol. The number of benzene rings is 1. The van der Waals surface area contributed by atoms with Crippen molar-refractivity contribution in [2.24, 2.45) is 0 Å². The van der Waals surface area contributed by atoms with Gasteiger partial charge in [-0.25, -0.2) is 9.07 Å². The number of aromatic nitrogens is 2. The van der Waals surface area contributed by atoms with Gasteiger partial charge in [-0.3, -0.25) is 19.4 Å². The summed E-state index contributed by atoms with van der Waals surface area (Å²) in [5.74, 6) is -1.05. The van der Waals surface area contributed by atoms with Crippen LogP contribution in [0.25, 0.3) is 10.9 Å². The summed E-state index contributed by atoms with van der Waals surface area (Å²) in [7, 11) is 0. The standard InChI is InChI=1S/C24H33F3N6O2/c1-3-19-15-18(6-7-32(19)13-10-30-8-11-31(12-9-30)16(2)34)28-23(35)22-20-5-4-17(25)14-21(20)33(29-22)24(26)27/h4-5,14,18-19,24H,3,6-13,15H2,1-2H3,(H,28,35)/t18?,19-/m1/s1. The molecule has 35 heavy (non-hydrogen) atoms. The molecule has 0 spiro atoms. The Labute approximate surface area is 203 Å². The minimum absolute atomic E-state index is 0.0880. The summed E-state index contributed by atoms with van der Waals surface area (Å²) < 4.78 is 40.8. The van der Waals surface area contributed by atoms with Crippen LogP contribution in [0, 0.1) is 5.82 Å². The third-order valence-corrected chi connectivity index (χ3v) is 7.23. The molecule has 2 aromatic rings. The Morgan fingerprint density at radius 1 is 1.14 bits per heavy atom. The van der Waals surface area contributed by atoms with Gasteiger partial charge in [0.05, 0.1) is 5.52 Å². The van der Waals surface area contributed by atoms with E-state index in [2.05, 4.69) is 27.1 Å². The molecule has 1 aromatic heterocycles. The summed E-state index contributed by atoms with van der Waals surface area (Å²) in [6.07, 6.45) is 2.46. The zero-order chi connectivity index (χ0) is 25.1. The molecule has 1 unspecified atom stereocenters. The van der Waals surface area contributed by atoms with Gasteiger partial charge in [0.25, 0.3) is 5.91 Å². The fraction of sp³-hybridized carbons (Fsp3) is 0.625. The number of hydrogen-bond donors (Lipinski definition) is 1. The third kappa shape index (κ3) is 5.78. The smallest absolute Gasteiger partial charge is 0.333 e. The zero-order valence-corrected chi connectivity index (χ0v) is 20.2. The summed E-state index contributed by atoms with van der Waals surface area (Å²) in [6, 6.07) is 3.64. The molecular weight excluding hydrogens is 461 g/mol. The predicted octanol–water partition coefficient (Wildman–Crippen LogP) is 2.71. The lowest BCUT2D eigenvalue weighted by molar-refractivity contribution is -0.130. The molecule has 2 saturated heterocycles. The van der Waals surface area contributed by atoms with Gasteiger partial charge in [-0.05, 0) is 31.4 Å². The molecule has 2 fully saturated rings. The third-order valence-electron chi connectivity index (χ3n) is 7.23. The van der Waals surface area contributed by atoms with Crippen LogP contribution in [0.1, 0.15) is 50.1 Å². The quantitative estimate of drug-likeness (QED) is 0.641. The van der Waals surface area contributed by atoms with Crippen LogP contribution in [0.2, 0.25) is 0 Å². The summed E-state index contributed by atoms with van der Waals surface area (Å²) >= 11 is 0. The molecule has 0 saturated carbocycles. The van der Waals surface area contributed by atoms with Gasteiger partial charge in [-0.2, -0.15) is 13.9 Å². The lowest BCUT2D eigenvalue weighted by Crippen LogP contribution is -2.53. The van der Waals surface area contributed by atoms with E-state index in [-0.39, 0.29) is 28.5 Å². The molecule has 11 heteroatoms. The average Bonchev–Trinajstić information content (AvgIpc) is 3.22. The second-order valence-corrected chi connectivity index (χ2v) is 9.37. The van der Waals surface area contributed by atoms with Crippen molar-refractivity contribution in [3.05, 3.63) is 29.7 Å². The maximum Gasteiger partial charge on any atom is 0.333 e. The van der Waals surface area contributed by atoms with Gasteiger partial charge in [0, 0.05) is 76.3 Å². The number of carbonyl (C=O) groups is 2. The minimum Gasteiger partial charge on any atom is -0.348 e. The van der Waals surface area contributed by atoms with E-state index < -0.39 is 18.3 Å². The zero-order valence-electron chi connectivity index (χ0n) is 20.2. The fourth-order valence-electron chi connectivity index (χ4n) is 5.19. The lowest BCUT2D eigenvalue weighted by atomic mass is 9.95. The molecule has 2 amide bonds. The highest BCUT2D eigenvalue weighted by atomic mass is 19.3. The fourth-order valence-corrected chi connectivity index (χ4v) is 5.19. The minimum atomic E-state index is -2.97. The maximum absolute atomic E-state index is 13.6.